The summed E-state index contributed by atoms with van der Waals surface area (Å²) in [6, 6.07) is 11.8. The number of ether oxygens (including phenoxy) is 3. The largest absolute Gasteiger partial charge is 0.497 e. The number of carbonyl (C=O) groups excluding carboxylic acids is 2. The monoisotopic (exact) mass is 383 g/mol. The summed E-state index contributed by atoms with van der Waals surface area (Å²) in [5, 5.41) is 5.61. The van der Waals surface area contributed by atoms with E-state index in [2.05, 4.69) is 10.6 Å². The van der Waals surface area contributed by atoms with E-state index in [0.717, 1.165) is 5.69 Å². The van der Waals surface area contributed by atoms with Crippen LogP contribution in [0.15, 0.2) is 42.5 Å². The molecule has 8 nitrogen and oxygen atoms in total. The third-order valence-corrected chi connectivity index (χ3v) is 4.63. The molecule has 4 rings (SSSR count). The Morgan fingerprint density at radius 3 is 2.79 bits per heavy atom. The van der Waals surface area contributed by atoms with Crippen LogP contribution in [0.1, 0.15) is 6.42 Å². The summed E-state index contributed by atoms with van der Waals surface area (Å²) in [5.41, 5.74) is 1.34. The lowest BCUT2D eigenvalue weighted by Gasteiger charge is -2.22. The highest BCUT2D eigenvalue weighted by atomic mass is 16.6. The summed E-state index contributed by atoms with van der Waals surface area (Å²) in [7, 11) is 1.57. The van der Waals surface area contributed by atoms with Crippen molar-refractivity contribution in [2.45, 2.75) is 12.5 Å². The van der Waals surface area contributed by atoms with E-state index in [0.29, 0.717) is 42.7 Å². The van der Waals surface area contributed by atoms with Crippen LogP contribution in [0.4, 0.5) is 16.2 Å². The van der Waals surface area contributed by atoms with Gasteiger partial charge in [-0.2, -0.15) is 0 Å². The number of carbonyl (C=O) groups is 2. The average molecular weight is 383 g/mol. The molecule has 2 N–H and O–H groups in total. The van der Waals surface area contributed by atoms with Gasteiger partial charge in [0.1, 0.15) is 19.0 Å². The molecule has 0 aromatic heterocycles. The summed E-state index contributed by atoms with van der Waals surface area (Å²) < 4.78 is 16.2. The Morgan fingerprint density at radius 1 is 1.14 bits per heavy atom. The number of anilines is 2. The second kappa shape index (κ2) is 7.67. The Labute approximate surface area is 162 Å². The summed E-state index contributed by atoms with van der Waals surface area (Å²) in [5.74, 6) is 1.90. The van der Waals surface area contributed by atoms with Crippen molar-refractivity contribution in [2.24, 2.45) is 0 Å². The number of urea groups is 1. The summed E-state index contributed by atoms with van der Waals surface area (Å²) in [6.07, 6.45) is 0.236. The zero-order chi connectivity index (χ0) is 19.5. The quantitative estimate of drug-likeness (QED) is 0.846. The van der Waals surface area contributed by atoms with E-state index in [4.69, 9.17) is 14.2 Å². The molecule has 28 heavy (non-hydrogen) atoms. The molecule has 2 aliphatic heterocycles. The minimum absolute atomic E-state index is 0.0524. The van der Waals surface area contributed by atoms with Crippen molar-refractivity contribution in [2.75, 3.05) is 37.1 Å². The molecule has 0 bridgehead atoms. The van der Waals surface area contributed by atoms with Gasteiger partial charge in [0.15, 0.2) is 11.5 Å². The Bertz CT molecular complexity index is 901. The number of benzene rings is 2. The Morgan fingerprint density at radius 2 is 1.96 bits per heavy atom. The fourth-order valence-electron chi connectivity index (χ4n) is 3.31. The maximum absolute atomic E-state index is 12.4. The number of hydrogen-bond acceptors (Lipinski definition) is 5. The lowest BCUT2D eigenvalue weighted by molar-refractivity contribution is -0.117. The van der Waals surface area contributed by atoms with E-state index in [9.17, 15) is 9.59 Å². The minimum atomic E-state index is -0.366. The van der Waals surface area contributed by atoms with E-state index in [1.807, 2.05) is 6.07 Å². The van der Waals surface area contributed by atoms with Crippen molar-refractivity contribution in [3.05, 3.63) is 42.5 Å². The van der Waals surface area contributed by atoms with Crippen molar-refractivity contribution < 1.29 is 23.8 Å². The first-order chi connectivity index (χ1) is 13.6. The molecule has 1 fully saturated rings. The predicted molar refractivity (Wildman–Crippen MR) is 103 cm³/mol. The van der Waals surface area contributed by atoms with Crippen molar-refractivity contribution >= 4 is 23.3 Å². The molecular weight excluding hydrogens is 362 g/mol. The third kappa shape index (κ3) is 3.80. The molecule has 0 radical (unpaired) electrons. The van der Waals surface area contributed by atoms with Gasteiger partial charge < -0.3 is 29.7 Å². The second-order valence-electron chi connectivity index (χ2n) is 6.56. The van der Waals surface area contributed by atoms with E-state index >= 15 is 0 Å². The summed E-state index contributed by atoms with van der Waals surface area (Å²) in [6.45, 7) is 1.40. The Hall–Kier alpha value is -3.42. The lowest BCUT2D eigenvalue weighted by Crippen LogP contribution is -2.39. The van der Waals surface area contributed by atoms with Gasteiger partial charge in [0.05, 0.1) is 13.2 Å². The molecule has 2 aromatic carbocycles. The number of rotatable bonds is 4. The molecule has 0 aliphatic carbocycles. The number of nitrogens with one attached hydrogen (secondary N) is 2. The van der Waals surface area contributed by atoms with Gasteiger partial charge in [0, 0.05) is 36.5 Å². The van der Waals surface area contributed by atoms with Gasteiger partial charge in [-0.05, 0) is 24.3 Å². The van der Waals surface area contributed by atoms with E-state index in [-0.39, 0.29) is 24.4 Å². The second-order valence-corrected chi connectivity index (χ2v) is 6.56. The van der Waals surface area contributed by atoms with Crippen LogP contribution < -0.4 is 29.7 Å². The van der Waals surface area contributed by atoms with Gasteiger partial charge in [-0.25, -0.2) is 4.79 Å². The topological polar surface area (TPSA) is 89.1 Å². The highest BCUT2D eigenvalue weighted by Crippen LogP contribution is 2.35. The maximum Gasteiger partial charge on any atom is 0.319 e. The number of amides is 3. The van der Waals surface area contributed by atoms with Crippen LogP contribution in [0.3, 0.4) is 0 Å². The van der Waals surface area contributed by atoms with Gasteiger partial charge in [0.2, 0.25) is 5.91 Å². The minimum Gasteiger partial charge on any atom is -0.497 e. The first-order valence-corrected chi connectivity index (χ1v) is 9.04. The van der Waals surface area contributed by atoms with Crippen LogP contribution >= 0.6 is 0 Å². The fraction of sp³-hybridized carbons (Fsp3) is 0.300. The van der Waals surface area contributed by atoms with Crippen molar-refractivity contribution in [3.8, 4) is 17.2 Å². The van der Waals surface area contributed by atoms with Crippen LogP contribution in [0.25, 0.3) is 0 Å². The lowest BCUT2D eigenvalue weighted by atomic mass is 10.2. The SMILES string of the molecule is COc1cccc(NC(=O)N[C@@H]2CC(=O)N(c3ccc4c(c3)OCCO4)C2)c1. The number of fused-ring (bicyclic) bond motifs is 1. The van der Waals surface area contributed by atoms with E-state index < -0.39 is 0 Å². The molecule has 1 saturated heterocycles. The van der Waals surface area contributed by atoms with Gasteiger partial charge in [-0.1, -0.05) is 6.07 Å². The van der Waals surface area contributed by atoms with Gasteiger partial charge in [-0.15, -0.1) is 0 Å². The standard InChI is InChI=1S/C20H21N3O5/c1-26-16-4-2-3-13(9-16)21-20(25)22-14-10-19(24)23(12-14)15-5-6-17-18(11-15)28-8-7-27-17/h2-6,9,11,14H,7-8,10,12H2,1H3,(H2,21,22,25)/t14-/m1/s1. The first-order valence-electron chi connectivity index (χ1n) is 9.04. The van der Waals surface area contributed by atoms with Crippen molar-refractivity contribution in [1.29, 1.82) is 0 Å². The highest BCUT2D eigenvalue weighted by molar-refractivity contribution is 5.98. The van der Waals surface area contributed by atoms with Crippen molar-refractivity contribution in [1.82, 2.24) is 5.32 Å². The number of nitrogens with zero attached hydrogens (tertiary/aromatic N) is 1. The van der Waals surface area contributed by atoms with Crippen LogP contribution in [0, 0.1) is 0 Å². The molecule has 0 unspecified atom stereocenters. The van der Waals surface area contributed by atoms with Crippen LogP contribution in [-0.4, -0.2) is 44.8 Å². The third-order valence-electron chi connectivity index (χ3n) is 4.63. The van der Waals surface area contributed by atoms with Crippen LogP contribution in [0.2, 0.25) is 0 Å². The normalized spacial score (nSPS) is 18.0. The summed E-state index contributed by atoms with van der Waals surface area (Å²) >= 11 is 0. The zero-order valence-corrected chi connectivity index (χ0v) is 15.4. The zero-order valence-electron chi connectivity index (χ0n) is 15.4. The molecule has 2 aliphatic rings. The molecule has 1 atom stereocenters. The Balaban J connectivity index is 1.38. The van der Waals surface area contributed by atoms with E-state index in [1.165, 1.54) is 0 Å². The predicted octanol–water partition coefficient (Wildman–Crippen LogP) is 2.39. The van der Waals surface area contributed by atoms with Crippen LogP contribution in [0.5, 0.6) is 17.2 Å². The molecule has 146 valence electrons. The van der Waals surface area contributed by atoms with Crippen molar-refractivity contribution in [3.63, 3.8) is 0 Å². The summed E-state index contributed by atoms with van der Waals surface area (Å²) in [4.78, 5) is 26.4. The maximum atomic E-state index is 12.4. The molecule has 0 spiro atoms. The molecule has 8 heteroatoms. The van der Waals surface area contributed by atoms with Gasteiger partial charge >= 0.3 is 6.03 Å². The van der Waals surface area contributed by atoms with Gasteiger partial charge in [0.25, 0.3) is 0 Å². The molecular formula is C20H21N3O5. The fourth-order valence-corrected chi connectivity index (χ4v) is 3.31. The van der Waals surface area contributed by atoms with Gasteiger partial charge in [-0.3, -0.25) is 4.79 Å². The molecule has 0 saturated carbocycles. The molecule has 2 aromatic rings. The first kappa shape index (κ1) is 18.0. The smallest absolute Gasteiger partial charge is 0.319 e. The molecule has 2 heterocycles. The number of methoxy groups -OCH3 is 1. The molecule has 3 amide bonds. The Kier molecular flexibility index (Phi) is 4.92. The average Bonchev–Trinajstić information content (AvgIpc) is 3.07. The van der Waals surface area contributed by atoms with Crippen LogP contribution in [-0.2, 0) is 4.79 Å². The van der Waals surface area contributed by atoms with E-state index in [1.54, 1.807) is 48.4 Å². The number of hydrogen-bond donors (Lipinski definition) is 2. The highest BCUT2D eigenvalue weighted by Gasteiger charge is 2.32.